The first-order valence-electron chi connectivity index (χ1n) is 9.85. The molecule has 0 aliphatic carbocycles. The number of nitrogens with one attached hydrogen (secondary N) is 1. The minimum Gasteiger partial charge on any atom is -0.483 e. The minimum absolute atomic E-state index is 0.0259. The predicted octanol–water partition coefficient (Wildman–Crippen LogP) is 6.47. The van der Waals surface area contributed by atoms with Crippen molar-refractivity contribution >= 4 is 17.4 Å². The summed E-state index contributed by atoms with van der Waals surface area (Å²) >= 11 is 0. The summed E-state index contributed by atoms with van der Waals surface area (Å²) in [5.41, 5.74) is 0.473. The number of Topliss-reactive ketones (excluding diaryl/α,β-unsaturated/α-hetero) is 1. The van der Waals surface area contributed by atoms with Crippen molar-refractivity contribution in [3.63, 3.8) is 0 Å². The minimum atomic E-state index is -4.44. The summed E-state index contributed by atoms with van der Waals surface area (Å²) in [6.45, 7) is 5.23. The lowest BCUT2D eigenvalue weighted by atomic mass is 9.96. The van der Waals surface area contributed by atoms with E-state index in [1.165, 1.54) is 19.1 Å². The molecule has 0 aliphatic heterocycles. The standard InChI is InChI=1S/C25H22F3NO3/c1-16(30)17-7-9-19(10-8-17)24(2,3)32-22-6-4-5-18(15-22)23(31)29-21-13-11-20(12-14-21)25(26,27)28/h4-15H,1-3H3,(H,29,31). The van der Waals surface area contributed by atoms with Gasteiger partial charge in [0.2, 0.25) is 0 Å². The lowest BCUT2D eigenvalue weighted by molar-refractivity contribution is -0.137. The highest BCUT2D eigenvalue weighted by atomic mass is 19.4. The number of anilines is 1. The summed E-state index contributed by atoms with van der Waals surface area (Å²) in [6, 6.07) is 17.8. The van der Waals surface area contributed by atoms with E-state index in [1.807, 2.05) is 26.0 Å². The summed E-state index contributed by atoms with van der Waals surface area (Å²) < 4.78 is 44.2. The van der Waals surface area contributed by atoms with Crippen molar-refractivity contribution in [1.82, 2.24) is 0 Å². The summed E-state index contributed by atoms with van der Waals surface area (Å²) in [5.74, 6) is -0.0495. The van der Waals surface area contributed by atoms with E-state index in [0.717, 1.165) is 17.7 Å². The van der Waals surface area contributed by atoms with E-state index in [-0.39, 0.29) is 11.5 Å². The highest BCUT2D eigenvalue weighted by Crippen LogP contribution is 2.31. The van der Waals surface area contributed by atoms with E-state index in [4.69, 9.17) is 4.74 Å². The third kappa shape index (κ3) is 5.55. The molecule has 0 saturated carbocycles. The van der Waals surface area contributed by atoms with Gasteiger partial charge in [0.05, 0.1) is 5.56 Å². The Balaban J connectivity index is 1.73. The molecular formula is C25H22F3NO3. The maximum atomic E-state index is 12.7. The molecule has 0 spiro atoms. The van der Waals surface area contributed by atoms with Gasteiger partial charge in [0.15, 0.2) is 5.78 Å². The number of ether oxygens (including phenoxy) is 1. The van der Waals surface area contributed by atoms with Crippen LogP contribution < -0.4 is 10.1 Å². The van der Waals surface area contributed by atoms with Gasteiger partial charge in [0.25, 0.3) is 5.91 Å². The number of halogens is 3. The summed E-state index contributed by atoms with van der Waals surface area (Å²) in [4.78, 5) is 24.0. The predicted molar refractivity (Wildman–Crippen MR) is 116 cm³/mol. The van der Waals surface area contributed by atoms with Crippen LogP contribution in [0.15, 0.2) is 72.8 Å². The van der Waals surface area contributed by atoms with E-state index in [0.29, 0.717) is 16.9 Å². The van der Waals surface area contributed by atoms with Crippen LogP contribution in [0.25, 0.3) is 0 Å². The van der Waals surface area contributed by atoms with Crippen LogP contribution in [0.1, 0.15) is 52.6 Å². The number of carbonyl (C=O) groups excluding carboxylic acids is 2. The Hall–Kier alpha value is -3.61. The molecular weight excluding hydrogens is 419 g/mol. The smallest absolute Gasteiger partial charge is 0.416 e. The molecule has 0 bridgehead atoms. The molecule has 0 aromatic heterocycles. The summed E-state index contributed by atoms with van der Waals surface area (Å²) in [6.07, 6.45) is -4.44. The normalized spacial score (nSPS) is 11.7. The Kier molecular flexibility index (Phi) is 6.39. The Morgan fingerprint density at radius 3 is 1.97 bits per heavy atom. The molecule has 7 heteroatoms. The molecule has 0 saturated heterocycles. The average Bonchev–Trinajstić information content (AvgIpc) is 2.73. The van der Waals surface area contributed by atoms with Crippen molar-refractivity contribution in [2.75, 3.05) is 5.32 Å². The molecule has 4 nitrogen and oxygen atoms in total. The van der Waals surface area contributed by atoms with E-state index < -0.39 is 23.2 Å². The molecule has 0 heterocycles. The number of hydrogen-bond acceptors (Lipinski definition) is 3. The van der Waals surface area contributed by atoms with E-state index >= 15 is 0 Å². The molecule has 32 heavy (non-hydrogen) atoms. The first-order valence-corrected chi connectivity index (χ1v) is 9.85. The SMILES string of the molecule is CC(=O)c1ccc(C(C)(C)Oc2cccc(C(=O)Nc3ccc(C(F)(F)F)cc3)c2)cc1. The average molecular weight is 441 g/mol. The fourth-order valence-corrected chi connectivity index (χ4v) is 3.11. The van der Waals surface area contributed by atoms with Gasteiger partial charge in [-0.3, -0.25) is 9.59 Å². The molecule has 1 amide bonds. The van der Waals surface area contributed by atoms with Crippen LogP contribution in [0.5, 0.6) is 5.75 Å². The van der Waals surface area contributed by atoms with Gasteiger partial charge in [-0.25, -0.2) is 0 Å². The third-order valence-electron chi connectivity index (χ3n) is 4.93. The van der Waals surface area contributed by atoms with Crippen LogP contribution in [0.3, 0.4) is 0 Å². The molecule has 0 fully saturated rings. The monoisotopic (exact) mass is 441 g/mol. The van der Waals surface area contributed by atoms with Crippen LogP contribution in [-0.4, -0.2) is 11.7 Å². The van der Waals surface area contributed by atoms with Gasteiger partial charge >= 0.3 is 6.18 Å². The highest BCUT2D eigenvalue weighted by Gasteiger charge is 2.30. The molecule has 3 aromatic rings. The fourth-order valence-electron chi connectivity index (χ4n) is 3.11. The van der Waals surface area contributed by atoms with E-state index in [1.54, 1.807) is 36.4 Å². The lowest BCUT2D eigenvalue weighted by Crippen LogP contribution is -2.25. The van der Waals surface area contributed by atoms with Crippen molar-refractivity contribution in [1.29, 1.82) is 0 Å². The molecule has 0 unspecified atom stereocenters. The second-order valence-corrected chi connectivity index (χ2v) is 7.80. The van der Waals surface area contributed by atoms with Crippen molar-refractivity contribution < 1.29 is 27.5 Å². The van der Waals surface area contributed by atoms with Gasteiger partial charge < -0.3 is 10.1 Å². The summed E-state index contributed by atoms with van der Waals surface area (Å²) in [5, 5.41) is 2.58. The topological polar surface area (TPSA) is 55.4 Å². The molecule has 3 rings (SSSR count). The van der Waals surface area contributed by atoms with Gasteiger partial charge in [0, 0.05) is 16.8 Å². The first kappa shape index (κ1) is 23.1. The first-order chi connectivity index (χ1) is 15.0. The number of amides is 1. The quantitative estimate of drug-likeness (QED) is 0.446. The van der Waals surface area contributed by atoms with E-state index in [9.17, 15) is 22.8 Å². The van der Waals surface area contributed by atoms with Crippen LogP contribution in [0.4, 0.5) is 18.9 Å². The maximum Gasteiger partial charge on any atom is 0.416 e. The highest BCUT2D eigenvalue weighted by molar-refractivity contribution is 6.04. The number of hydrogen-bond donors (Lipinski definition) is 1. The Labute approximate surface area is 184 Å². The maximum absolute atomic E-state index is 12.7. The van der Waals surface area contributed by atoms with Crippen molar-refractivity contribution in [2.45, 2.75) is 32.5 Å². The second-order valence-electron chi connectivity index (χ2n) is 7.80. The van der Waals surface area contributed by atoms with Crippen molar-refractivity contribution in [3.8, 4) is 5.75 Å². The van der Waals surface area contributed by atoms with Crippen molar-refractivity contribution in [3.05, 3.63) is 95.1 Å². The van der Waals surface area contributed by atoms with Crippen LogP contribution in [0, 0.1) is 0 Å². The Morgan fingerprint density at radius 2 is 1.41 bits per heavy atom. The number of ketones is 1. The number of benzene rings is 3. The number of alkyl halides is 3. The van der Waals surface area contributed by atoms with Gasteiger partial charge in [-0.1, -0.05) is 30.3 Å². The molecule has 1 N–H and O–H groups in total. The van der Waals surface area contributed by atoms with Crippen LogP contribution >= 0.6 is 0 Å². The van der Waals surface area contributed by atoms with Gasteiger partial charge in [0.1, 0.15) is 11.4 Å². The third-order valence-corrected chi connectivity index (χ3v) is 4.93. The Morgan fingerprint density at radius 1 is 0.812 bits per heavy atom. The number of carbonyl (C=O) groups is 2. The van der Waals surface area contributed by atoms with Gasteiger partial charge in [-0.15, -0.1) is 0 Å². The van der Waals surface area contributed by atoms with Crippen molar-refractivity contribution in [2.24, 2.45) is 0 Å². The zero-order chi connectivity index (χ0) is 23.5. The Bertz CT molecular complexity index is 1120. The van der Waals surface area contributed by atoms with Crippen LogP contribution in [0.2, 0.25) is 0 Å². The lowest BCUT2D eigenvalue weighted by Gasteiger charge is -2.27. The fraction of sp³-hybridized carbons (Fsp3) is 0.200. The van der Waals surface area contributed by atoms with E-state index in [2.05, 4.69) is 5.32 Å². The number of rotatable bonds is 6. The summed E-state index contributed by atoms with van der Waals surface area (Å²) in [7, 11) is 0. The zero-order valence-corrected chi connectivity index (χ0v) is 17.8. The second kappa shape index (κ2) is 8.86. The van der Waals surface area contributed by atoms with Gasteiger partial charge in [-0.2, -0.15) is 13.2 Å². The molecule has 166 valence electrons. The molecule has 0 atom stereocenters. The molecule has 0 radical (unpaired) electrons. The van der Waals surface area contributed by atoms with Crippen LogP contribution in [-0.2, 0) is 11.8 Å². The zero-order valence-electron chi connectivity index (χ0n) is 17.8. The molecule has 3 aromatic carbocycles. The largest absolute Gasteiger partial charge is 0.483 e. The van der Waals surface area contributed by atoms with Gasteiger partial charge in [-0.05, 0) is 68.8 Å². The molecule has 0 aliphatic rings.